The number of hydrogen-bond acceptors (Lipinski definition) is 7. The molecule has 3 aromatic rings. The molecule has 0 saturated heterocycles. The first-order valence-electron chi connectivity index (χ1n) is 12.7. The average molecular weight is 570 g/mol. The predicted molar refractivity (Wildman–Crippen MR) is 151 cm³/mol. The molecule has 1 saturated carbocycles. The van der Waals surface area contributed by atoms with Crippen LogP contribution in [0.5, 0.6) is 17.2 Å². The Kier molecular flexibility index (Phi) is 8.16. The van der Waals surface area contributed by atoms with Gasteiger partial charge in [0.1, 0.15) is 18.0 Å². The molecule has 2 heterocycles. The van der Waals surface area contributed by atoms with Crippen molar-refractivity contribution in [2.24, 2.45) is 0 Å². The molecule has 1 amide bonds. The Morgan fingerprint density at radius 3 is 2.64 bits per heavy atom. The number of aromatic nitrogens is 1. The molecule has 204 valence electrons. The molecule has 2 aliphatic rings. The van der Waals surface area contributed by atoms with Gasteiger partial charge in [0.25, 0.3) is 5.91 Å². The van der Waals surface area contributed by atoms with Crippen LogP contribution in [0.1, 0.15) is 48.5 Å². The monoisotopic (exact) mass is 569 g/mol. The number of ether oxygens (including phenoxy) is 3. The second kappa shape index (κ2) is 11.7. The zero-order valence-corrected chi connectivity index (χ0v) is 23.1. The lowest BCUT2D eigenvalue weighted by atomic mass is 10.0. The van der Waals surface area contributed by atoms with Crippen LogP contribution in [0, 0.1) is 0 Å². The fraction of sp³-hybridized carbons (Fsp3) is 0.310. The first kappa shape index (κ1) is 27.1. The lowest BCUT2D eigenvalue weighted by Gasteiger charge is -2.20. The summed E-state index contributed by atoms with van der Waals surface area (Å²) in [6.45, 7) is 2.12. The van der Waals surface area contributed by atoms with E-state index in [0.717, 1.165) is 29.9 Å². The molecule has 39 heavy (non-hydrogen) atoms. The summed E-state index contributed by atoms with van der Waals surface area (Å²) in [4.78, 5) is 22.6. The maximum absolute atomic E-state index is 12.8. The van der Waals surface area contributed by atoms with E-state index >= 15 is 0 Å². The number of nitrogens with one attached hydrogen (secondary N) is 2. The Balaban J connectivity index is 1.25. The largest absolute Gasteiger partial charge is 0.493 e. The van der Waals surface area contributed by atoms with Gasteiger partial charge in [-0.15, -0.1) is 0 Å². The standard InChI is InChI=1S/C29H29Cl2N3O5/c1-29(14-24(34-39-29)18-10-11-25(36-2)26(13-18)38-20-7-3-4-8-20)17-37-21-9-5-6-19(12-21)28(35)33-27-22(30)15-32-16-23(27)31/h5-6,9-16,20,34H,3-4,7-8,17H2,1-2H3,(H,32,33,35). The van der Waals surface area contributed by atoms with E-state index in [1.165, 1.54) is 25.2 Å². The number of benzene rings is 2. The second-order valence-corrected chi connectivity index (χ2v) is 10.5. The van der Waals surface area contributed by atoms with Gasteiger partial charge in [-0.1, -0.05) is 29.3 Å². The van der Waals surface area contributed by atoms with Gasteiger partial charge in [-0.2, -0.15) is 0 Å². The van der Waals surface area contributed by atoms with Crippen LogP contribution in [-0.4, -0.2) is 36.3 Å². The van der Waals surface area contributed by atoms with E-state index in [0.29, 0.717) is 22.7 Å². The molecular weight excluding hydrogens is 541 g/mol. The van der Waals surface area contributed by atoms with Crippen LogP contribution >= 0.6 is 23.2 Å². The van der Waals surface area contributed by atoms with Crippen molar-refractivity contribution in [2.45, 2.75) is 44.3 Å². The van der Waals surface area contributed by atoms with Crippen LogP contribution in [-0.2, 0) is 4.84 Å². The van der Waals surface area contributed by atoms with Gasteiger partial charge in [0.05, 0.1) is 34.6 Å². The molecule has 1 aliphatic heterocycles. The molecule has 1 aromatic heterocycles. The molecule has 5 rings (SSSR count). The van der Waals surface area contributed by atoms with E-state index in [1.54, 1.807) is 31.4 Å². The molecular formula is C29H29Cl2N3O5. The van der Waals surface area contributed by atoms with Crippen molar-refractivity contribution in [1.29, 1.82) is 0 Å². The first-order chi connectivity index (χ1) is 18.8. The van der Waals surface area contributed by atoms with Crippen LogP contribution in [0.2, 0.25) is 10.0 Å². The Bertz CT molecular complexity index is 1370. The number of carbonyl (C=O) groups is 1. The summed E-state index contributed by atoms with van der Waals surface area (Å²) in [7, 11) is 1.64. The molecule has 0 bridgehead atoms. The minimum Gasteiger partial charge on any atom is -0.493 e. The normalized spacial score (nSPS) is 18.8. The third kappa shape index (κ3) is 6.41. The molecule has 1 fully saturated rings. The summed E-state index contributed by atoms with van der Waals surface area (Å²) in [5.74, 6) is 1.56. The van der Waals surface area contributed by atoms with E-state index in [2.05, 4.69) is 15.8 Å². The minimum absolute atomic E-state index is 0.207. The molecule has 1 unspecified atom stereocenters. The van der Waals surface area contributed by atoms with Crippen molar-refractivity contribution in [2.75, 3.05) is 19.0 Å². The molecule has 2 aromatic carbocycles. The van der Waals surface area contributed by atoms with Crippen molar-refractivity contribution in [3.63, 3.8) is 0 Å². The van der Waals surface area contributed by atoms with E-state index in [1.807, 2.05) is 31.2 Å². The number of amides is 1. The smallest absolute Gasteiger partial charge is 0.255 e. The van der Waals surface area contributed by atoms with Gasteiger partial charge >= 0.3 is 0 Å². The molecule has 8 nitrogen and oxygen atoms in total. The van der Waals surface area contributed by atoms with Crippen LogP contribution < -0.4 is 25.0 Å². The highest BCUT2D eigenvalue weighted by molar-refractivity contribution is 6.39. The number of nitrogens with zero attached hydrogens (tertiary/aromatic N) is 1. The fourth-order valence-electron chi connectivity index (χ4n) is 4.54. The average Bonchev–Trinajstić information content (AvgIpc) is 3.60. The SMILES string of the molecule is COc1ccc(C2=CC(C)(COc3cccc(C(=O)Nc4c(Cl)cncc4Cl)c3)ON2)cc1OC1CCCC1. The zero-order chi connectivity index (χ0) is 27.4. The number of halogens is 2. The van der Waals surface area contributed by atoms with E-state index in [9.17, 15) is 4.79 Å². The fourth-order valence-corrected chi connectivity index (χ4v) is 5.00. The van der Waals surface area contributed by atoms with Gasteiger partial charge in [-0.3, -0.25) is 20.1 Å². The lowest BCUT2D eigenvalue weighted by molar-refractivity contribution is -0.0472. The molecule has 0 spiro atoms. The van der Waals surface area contributed by atoms with Crippen molar-refractivity contribution < 1.29 is 23.8 Å². The summed E-state index contributed by atoms with van der Waals surface area (Å²) in [5.41, 5.74) is 4.67. The van der Waals surface area contributed by atoms with E-state index in [4.69, 9.17) is 42.3 Å². The zero-order valence-electron chi connectivity index (χ0n) is 21.6. The highest BCUT2D eigenvalue weighted by Crippen LogP contribution is 2.36. The van der Waals surface area contributed by atoms with Crippen LogP contribution in [0.15, 0.2) is 60.9 Å². The summed E-state index contributed by atoms with van der Waals surface area (Å²) in [6, 6.07) is 12.7. The number of carbonyl (C=O) groups excluding carboxylic acids is 1. The lowest BCUT2D eigenvalue weighted by Crippen LogP contribution is -2.33. The Morgan fingerprint density at radius 2 is 1.90 bits per heavy atom. The quantitative estimate of drug-likeness (QED) is 0.297. The van der Waals surface area contributed by atoms with Gasteiger partial charge in [-0.25, -0.2) is 0 Å². The number of methoxy groups -OCH3 is 1. The maximum atomic E-state index is 12.8. The molecule has 10 heteroatoms. The molecule has 1 aliphatic carbocycles. The van der Waals surface area contributed by atoms with E-state index < -0.39 is 5.60 Å². The topological polar surface area (TPSA) is 90.9 Å². The Hall–Kier alpha value is -3.46. The molecule has 2 N–H and O–H groups in total. The van der Waals surface area contributed by atoms with Crippen LogP contribution in [0.4, 0.5) is 5.69 Å². The second-order valence-electron chi connectivity index (χ2n) is 9.71. The van der Waals surface area contributed by atoms with Gasteiger partial charge in [-0.05, 0) is 75.1 Å². The number of hydrogen-bond donors (Lipinski definition) is 2. The number of anilines is 1. The molecule has 0 radical (unpaired) electrons. The number of pyridine rings is 1. The summed E-state index contributed by atoms with van der Waals surface area (Å²) < 4.78 is 17.8. The van der Waals surface area contributed by atoms with Crippen LogP contribution in [0.3, 0.4) is 0 Å². The van der Waals surface area contributed by atoms with Crippen molar-refractivity contribution in [3.05, 3.63) is 82.1 Å². The highest BCUT2D eigenvalue weighted by atomic mass is 35.5. The van der Waals surface area contributed by atoms with Gasteiger partial charge in [0.2, 0.25) is 0 Å². The van der Waals surface area contributed by atoms with Crippen molar-refractivity contribution in [1.82, 2.24) is 10.5 Å². The maximum Gasteiger partial charge on any atom is 0.255 e. The summed E-state index contributed by atoms with van der Waals surface area (Å²) in [5, 5.41) is 3.22. The van der Waals surface area contributed by atoms with Gasteiger partial charge in [0.15, 0.2) is 11.5 Å². The molecule has 1 atom stereocenters. The van der Waals surface area contributed by atoms with E-state index in [-0.39, 0.29) is 28.7 Å². The minimum atomic E-state index is -0.752. The third-order valence-corrected chi connectivity index (χ3v) is 7.20. The first-order valence-corrected chi connectivity index (χ1v) is 13.4. The third-order valence-electron chi connectivity index (χ3n) is 6.63. The Morgan fingerprint density at radius 1 is 1.13 bits per heavy atom. The number of rotatable bonds is 9. The summed E-state index contributed by atoms with van der Waals surface area (Å²) >= 11 is 12.2. The van der Waals surface area contributed by atoms with Crippen molar-refractivity contribution >= 4 is 40.5 Å². The predicted octanol–water partition coefficient (Wildman–Crippen LogP) is 6.68. The van der Waals surface area contributed by atoms with Crippen molar-refractivity contribution in [3.8, 4) is 17.2 Å². The van der Waals surface area contributed by atoms with Crippen LogP contribution in [0.25, 0.3) is 5.70 Å². The Labute approximate surface area is 237 Å². The summed E-state index contributed by atoms with van der Waals surface area (Å²) in [6.07, 6.45) is 9.50. The number of hydroxylamine groups is 1. The van der Waals surface area contributed by atoms with Gasteiger partial charge in [0, 0.05) is 23.5 Å². The van der Waals surface area contributed by atoms with Gasteiger partial charge < -0.3 is 19.5 Å². The highest BCUT2D eigenvalue weighted by Gasteiger charge is 2.32.